The molecule has 2 aliphatic heterocycles. The molecule has 11 heteroatoms. The number of carbonyl (C=O) groups is 1. The zero-order chi connectivity index (χ0) is 27.6. The fourth-order valence-electron chi connectivity index (χ4n) is 5.49. The number of hydrogen-bond donors (Lipinski definition) is 1. The quantitative estimate of drug-likeness (QED) is 0.208. The lowest BCUT2D eigenvalue weighted by Gasteiger charge is -2.33. The van der Waals surface area contributed by atoms with Crippen molar-refractivity contribution < 1.29 is 4.79 Å². The van der Waals surface area contributed by atoms with Crippen molar-refractivity contribution in [2.45, 2.75) is 29.8 Å². The van der Waals surface area contributed by atoms with E-state index in [-0.39, 0.29) is 17.6 Å². The van der Waals surface area contributed by atoms with Crippen LogP contribution in [0.3, 0.4) is 0 Å². The Bertz CT molecular complexity index is 1550. The molecule has 6 rings (SSSR count). The highest BCUT2D eigenvalue weighted by atomic mass is 35.5. The maximum Gasteiger partial charge on any atom is 0.326 e. The summed E-state index contributed by atoms with van der Waals surface area (Å²) in [7, 11) is 2.13. The average molecular weight is 578 g/mol. The van der Waals surface area contributed by atoms with Gasteiger partial charge in [-0.3, -0.25) is 9.36 Å². The number of aromatic nitrogens is 4. The molecule has 2 fully saturated rings. The van der Waals surface area contributed by atoms with E-state index in [1.807, 2.05) is 64.1 Å². The Morgan fingerprint density at radius 1 is 1.00 bits per heavy atom. The minimum atomic E-state index is -0.0850. The van der Waals surface area contributed by atoms with Crippen LogP contribution in [0.2, 0.25) is 5.15 Å². The minimum absolute atomic E-state index is 0.0268. The first-order valence-electron chi connectivity index (χ1n) is 13.6. The Hall–Kier alpha value is -3.34. The third kappa shape index (κ3) is 5.75. The number of aromatic amines is 1. The molecule has 0 unspecified atom stereocenters. The van der Waals surface area contributed by atoms with Crippen LogP contribution in [0.1, 0.15) is 34.8 Å². The number of H-pyrrole nitrogens is 1. The highest BCUT2D eigenvalue weighted by Gasteiger charge is 2.26. The summed E-state index contributed by atoms with van der Waals surface area (Å²) in [5.74, 6) is 1.58. The van der Waals surface area contributed by atoms with E-state index >= 15 is 0 Å². The molecule has 208 valence electrons. The van der Waals surface area contributed by atoms with E-state index in [0.29, 0.717) is 34.7 Å². The number of likely N-dealkylation sites (N-methyl/N-ethyl adjacent to an activating group) is 1. The highest BCUT2D eigenvalue weighted by molar-refractivity contribution is 7.98. The molecule has 2 aromatic carbocycles. The maximum absolute atomic E-state index is 13.2. The fraction of sp³-hybridized carbons (Fsp3) is 0.379. The number of piperazine rings is 1. The van der Waals surface area contributed by atoms with Crippen molar-refractivity contribution in [3.63, 3.8) is 0 Å². The first-order chi connectivity index (χ1) is 19.4. The normalized spacial score (nSPS) is 17.1. The topological polar surface area (TPSA) is 90.4 Å². The van der Waals surface area contributed by atoms with E-state index in [4.69, 9.17) is 16.6 Å². The molecule has 1 N–H and O–H groups in total. The first-order valence-corrected chi connectivity index (χ1v) is 15.0. The Balaban J connectivity index is 1.05. The molecule has 0 radical (unpaired) electrons. The van der Waals surface area contributed by atoms with Crippen LogP contribution in [0.15, 0.2) is 64.5 Å². The van der Waals surface area contributed by atoms with Gasteiger partial charge in [0.2, 0.25) is 0 Å². The summed E-state index contributed by atoms with van der Waals surface area (Å²) in [6.07, 6.45) is 1.50. The molecule has 40 heavy (non-hydrogen) atoms. The number of benzene rings is 2. The lowest BCUT2D eigenvalue weighted by Crippen LogP contribution is -2.44. The van der Waals surface area contributed by atoms with Gasteiger partial charge < -0.3 is 19.7 Å². The van der Waals surface area contributed by atoms with Crippen LogP contribution in [0.5, 0.6) is 0 Å². The van der Waals surface area contributed by atoms with Gasteiger partial charge in [0.05, 0.1) is 11.0 Å². The standard InChI is InChI=1S/C29H32ClN7O2S/c1-34-14-16-35(17-15-34)26-18-25(30)32-28(33-26)40-19-20-6-8-21(9-7-20)27(38)36-12-10-22(11-13-36)37-24-5-3-2-4-23(24)31-29(37)39/h2-9,18,22H,10-17,19H2,1H3,(H,31,39). The summed E-state index contributed by atoms with van der Waals surface area (Å²) in [5, 5.41) is 1.10. The van der Waals surface area contributed by atoms with Crippen molar-refractivity contribution in [2.24, 2.45) is 0 Å². The number of piperidine rings is 1. The molecule has 0 bridgehead atoms. The van der Waals surface area contributed by atoms with Crippen molar-refractivity contribution in [1.29, 1.82) is 0 Å². The number of likely N-dealkylation sites (tertiary alicyclic amines) is 1. The van der Waals surface area contributed by atoms with Gasteiger partial charge in [-0.25, -0.2) is 14.8 Å². The van der Waals surface area contributed by atoms with Crippen molar-refractivity contribution in [3.8, 4) is 0 Å². The predicted octanol–water partition coefficient (Wildman–Crippen LogP) is 4.29. The molecular formula is C29H32ClN7O2S. The largest absolute Gasteiger partial charge is 0.354 e. The second-order valence-corrected chi connectivity index (χ2v) is 11.8. The van der Waals surface area contributed by atoms with E-state index in [9.17, 15) is 9.59 Å². The summed E-state index contributed by atoms with van der Waals surface area (Å²) >= 11 is 7.86. The monoisotopic (exact) mass is 577 g/mol. The summed E-state index contributed by atoms with van der Waals surface area (Å²) in [6, 6.07) is 17.4. The van der Waals surface area contributed by atoms with Gasteiger partial charge in [-0.2, -0.15) is 0 Å². The number of nitrogens with zero attached hydrogens (tertiary/aromatic N) is 6. The summed E-state index contributed by atoms with van der Waals surface area (Å²) in [6.45, 7) is 5.07. The van der Waals surface area contributed by atoms with Gasteiger partial charge in [0.1, 0.15) is 11.0 Å². The molecule has 0 atom stereocenters. The zero-order valence-electron chi connectivity index (χ0n) is 22.4. The number of fused-ring (bicyclic) bond motifs is 1. The zero-order valence-corrected chi connectivity index (χ0v) is 24.0. The van der Waals surface area contributed by atoms with Gasteiger partial charge in [-0.15, -0.1) is 0 Å². The van der Waals surface area contributed by atoms with Crippen molar-refractivity contribution in [1.82, 2.24) is 29.3 Å². The van der Waals surface area contributed by atoms with Crippen molar-refractivity contribution in [2.75, 3.05) is 51.2 Å². The van der Waals surface area contributed by atoms with Gasteiger partial charge in [-0.05, 0) is 49.7 Å². The SMILES string of the molecule is CN1CCN(c2cc(Cl)nc(SCc3ccc(C(=O)N4CCC(n5c(=O)[nH]c6ccccc65)CC4)cc3)n2)CC1. The van der Waals surface area contributed by atoms with E-state index in [1.165, 1.54) is 11.8 Å². The van der Waals surface area contributed by atoms with Crippen LogP contribution >= 0.6 is 23.4 Å². The molecular weight excluding hydrogens is 546 g/mol. The van der Waals surface area contributed by atoms with Crippen LogP contribution < -0.4 is 10.6 Å². The first kappa shape index (κ1) is 26.9. The van der Waals surface area contributed by atoms with Gasteiger partial charge >= 0.3 is 5.69 Å². The predicted molar refractivity (Wildman–Crippen MR) is 159 cm³/mol. The lowest BCUT2D eigenvalue weighted by atomic mass is 10.0. The molecule has 0 aliphatic carbocycles. The van der Waals surface area contributed by atoms with Gasteiger partial charge in [0.15, 0.2) is 5.16 Å². The Morgan fingerprint density at radius 2 is 1.73 bits per heavy atom. The maximum atomic E-state index is 13.2. The van der Waals surface area contributed by atoms with Crippen LogP contribution in [-0.2, 0) is 5.75 Å². The number of imidazole rings is 1. The van der Waals surface area contributed by atoms with Crippen LogP contribution in [-0.4, -0.2) is 81.5 Å². The third-order valence-electron chi connectivity index (χ3n) is 7.80. The fourth-order valence-corrected chi connectivity index (χ4v) is 6.52. The summed E-state index contributed by atoms with van der Waals surface area (Å²) in [5.41, 5.74) is 3.45. The average Bonchev–Trinajstić information content (AvgIpc) is 3.32. The van der Waals surface area contributed by atoms with Crippen LogP contribution in [0.25, 0.3) is 11.0 Å². The molecule has 9 nitrogen and oxygen atoms in total. The van der Waals surface area contributed by atoms with Crippen LogP contribution in [0.4, 0.5) is 5.82 Å². The molecule has 4 heterocycles. The van der Waals surface area contributed by atoms with Gasteiger partial charge in [-0.1, -0.05) is 47.6 Å². The van der Waals surface area contributed by atoms with Crippen LogP contribution in [0, 0.1) is 0 Å². The molecule has 2 aromatic heterocycles. The van der Waals surface area contributed by atoms with E-state index in [0.717, 1.165) is 61.4 Å². The van der Waals surface area contributed by atoms with Crippen molar-refractivity contribution >= 4 is 46.1 Å². The summed E-state index contributed by atoms with van der Waals surface area (Å²) in [4.78, 5) is 44.3. The molecule has 0 spiro atoms. The number of amides is 1. The number of rotatable bonds is 6. The molecule has 4 aromatic rings. The molecule has 0 saturated carbocycles. The van der Waals surface area contributed by atoms with Gasteiger partial charge in [0, 0.05) is 62.7 Å². The smallest absolute Gasteiger partial charge is 0.326 e. The number of halogens is 1. The molecule has 2 saturated heterocycles. The number of hydrogen-bond acceptors (Lipinski definition) is 7. The van der Waals surface area contributed by atoms with Gasteiger partial charge in [0.25, 0.3) is 5.91 Å². The third-order valence-corrected chi connectivity index (χ3v) is 8.91. The highest BCUT2D eigenvalue weighted by Crippen LogP contribution is 2.27. The number of anilines is 1. The molecule has 1 amide bonds. The van der Waals surface area contributed by atoms with E-state index < -0.39 is 0 Å². The minimum Gasteiger partial charge on any atom is -0.354 e. The Kier molecular flexibility index (Phi) is 7.82. The van der Waals surface area contributed by atoms with E-state index in [2.05, 4.69) is 26.8 Å². The van der Waals surface area contributed by atoms with Crippen molar-refractivity contribution in [3.05, 3.63) is 81.4 Å². The van der Waals surface area contributed by atoms with E-state index in [1.54, 1.807) is 0 Å². The number of para-hydroxylation sites is 2. The lowest BCUT2D eigenvalue weighted by molar-refractivity contribution is 0.0695. The number of nitrogens with one attached hydrogen (secondary N) is 1. The number of carbonyl (C=O) groups excluding carboxylic acids is 1. The second kappa shape index (κ2) is 11.6. The second-order valence-electron chi connectivity index (χ2n) is 10.4. The number of thioether (sulfide) groups is 1. The molecule has 2 aliphatic rings. The Labute approximate surface area is 242 Å². The Morgan fingerprint density at radius 3 is 2.48 bits per heavy atom. The summed E-state index contributed by atoms with van der Waals surface area (Å²) < 4.78 is 1.85.